The fraction of sp³-hybridized carbons (Fsp3) is 0.400. The minimum absolute atomic E-state index is 0.253. The molecule has 0 N–H and O–H groups in total. The number of benzene rings is 1. The molecule has 21 heavy (non-hydrogen) atoms. The Morgan fingerprint density at radius 2 is 2.00 bits per heavy atom. The molecule has 3 nitrogen and oxygen atoms in total. The molecule has 0 unspecified atom stereocenters. The quantitative estimate of drug-likeness (QED) is 0.781. The summed E-state index contributed by atoms with van der Waals surface area (Å²) in [6.45, 7) is 1.53. The highest BCUT2D eigenvalue weighted by atomic mass is 19.4. The lowest BCUT2D eigenvalue weighted by molar-refractivity contribution is -0.139. The number of rotatable bonds is 5. The SMILES string of the molecule is CCCc1cc(=O)oc2cc(OCCC(F)(F)F)ccc12. The summed E-state index contributed by atoms with van der Waals surface area (Å²) in [6.07, 6.45) is -3.67. The molecule has 0 fully saturated rings. The summed E-state index contributed by atoms with van der Waals surface area (Å²) in [6, 6.07) is 6.17. The highest BCUT2D eigenvalue weighted by Gasteiger charge is 2.26. The molecule has 1 aromatic heterocycles. The van der Waals surface area contributed by atoms with E-state index < -0.39 is 24.8 Å². The summed E-state index contributed by atoms with van der Waals surface area (Å²) in [5, 5.41) is 0.777. The van der Waals surface area contributed by atoms with Gasteiger partial charge in [0, 0.05) is 17.5 Å². The zero-order valence-electron chi connectivity index (χ0n) is 11.5. The number of fused-ring (bicyclic) bond motifs is 1. The molecule has 0 radical (unpaired) electrons. The average Bonchev–Trinajstić information content (AvgIpc) is 2.37. The highest BCUT2D eigenvalue weighted by Crippen LogP contribution is 2.25. The molecule has 1 heterocycles. The molecule has 0 bridgehead atoms. The molecule has 2 rings (SSSR count). The molecular formula is C15H15F3O3. The highest BCUT2D eigenvalue weighted by molar-refractivity contribution is 5.81. The second-order valence-corrected chi connectivity index (χ2v) is 4.71. The van der Waals surface area contributed by atoms with Gasteiger partial charge in [-0.25, -0.2) is 4.79 Å². The van der Waals surface area contributed by atoms with Gasteiger partial charge >= 0.3 is 11.8 Å². The number of halogens is 3. The summed E-state index contributed by atoms with van der Waals surface area (Å²) in [7, 11) is 0. The molecule has 0 aliphatic carbocycles. The topological polar surface area (TPSA) is 39.4 Å². The van der Waals surface area contributed by atoms with Crippen molar-refractivity contribution in [3.05, 3.63) is 40.2 Å². The van der Waals surface area contributed by atoms with Crippen LogP contribution in [0.25, 0.3) is 11.0 Å². The Morgan fingerprint density at radius 1 is 1.24 bits per heavy atom. The van der Waals surface area contributed by atoms with Gasteiger partial charge < -0.3 is 9.15 Å². The predicted molar refractivity (Wildman–Crippen MR) is 72.6 cm³/mol. The van der Waals surface area contributed by atoms with E-state index in [9.17, 15) is 18.0 Å². The van der Waals surface area contributed by atoms with Crippen LogP contribution < -0.4 is 10.4 Å². The second-order valence-electron chi connectivity index (χ2n) is 4.71. The van der Waals surface area contributed by atoms with E-state index in [-0.39, 0.29) is 5.75 Å². The maximum atomic E-state index is 12.1. The average molecular weight is 300 g/mol. The molecule has 0 saturated heterocycles. The zero-order valence-corrected chi connectivity index (χ0v) is 11.5. The molecule has 0 aliphatic rings. The van der Waals surface area contributed by atoms with Crippen molar-refractivity contribution >= 4 is 11.0 Å². The van der Waals surface area contributed by atoms with E-state index in [1.165, 1.54) is 12.1 Å². The van der Waals surface area contributed by atoms with Crippen molar-refractivity contribution in [2.45, 2.75) is 32.4 Å². The summed E-state index contributed by atoms with van der Waals surface area (Å²) >= 11 is 0. The molecule has 0 amide bonds. The van der Waals surface area contributed by atoms with Gasteiger partial charge in [-0.05, 0) is 24.1 Å². The van der Waals surface area contributed by atoms with Crippen LogP contribution >= 0.6 is 0 Å². The van der Waals surface area contributed by atoms with Gasteiger partial charge in [0.05, 0.1) is 13.0 Å². The standard InChI is InChI=1S/C15H15F3O3/c1-2-3-10-8-14(19)21-13-9-11(4-5-12(10)13)20-7-6-15(16,17)18/h4-5,8-9H,2-3,6-7H2,1H3. The lowest BCUT2D eigenvalue weighted by Gasteiger charge is -2.10. The molecular weight excluding hydrogens is 285 g/mol. The van der Waals surface area contributed by atoms with Crippen LogP contribution in [0.2, 0.25) is 0 Å². The molecule has 0 aliphatic heterocycles. The number of hydrogen-bond acceptors (Lipinski definition) is 3. The van der Waals surface area contributed by atoms with E-state index in [0.29, 0.717) is 5.58 Å². The van der Waals surface area contributed by atoms with Crippen molar-refractivity contribution < 1.29 is 22.3 Å². The van der Waals surface area contributed by atoms with Crippen molar-refractivity contribution in [3.8, 4) is 5.75 Å². The Morgan fingerprint density at radius 3 is 2.67 bits per heavy atom. The maximum Gasteiger partial charge on any atom is 0.392 e. The zero-order chi connectivity index (χ0) is 15.5. The molecule has 0 spiro atoms. The van der Waals surface area contributed by atoms with Crippen LogP contribution in [-0.4, -0.2) is 12.8 Å². The van der Waals surface area contributed by atoms with Crippen LogP contribution in [0.3, 0.4) is 0 Å². The summed E-state index contributed by atoms with van der Waals surface area (Å²) in [5.41, 5.74) is 0.722. The third kappa shape index (κ3) is 4.24. The number of aryl methyl sites for hydroxylation is 1. The number of hydrogen-bond donors (Lipinski definition) is 0. The van der Waals surface area contributed by atoms with Gasteiger partial charge in [-0.2, -0.15) is 13.2 Å². The summed E-state index contributed by atoms with van der Waals surface area (Å²) in [4.78, 5) is 11.5. The number of alkyl halides is 3. The molecule has 2 aromatic rings. The van der Waals surface area contributed by atoms with Gasteiger partial charge in [0.25, 0.3) is 0 Å². The Balaban J connectivity index is 2.23. The van der Waals surface area contributed by atoms with E-state index >= 15 is 0 Å². The second kappa shape index (κ2) is 6.20. The predicted octanol–water partition coefficient (Wildman–Crippen LogP) is 4.08. The monoisotopic (exact) mass is 300 g/mol. The first-order valence-electron chi connectivity index (χ1n) is 6.65. The largest absolute Gasteiger partial charge is 0.493 e. The van der Waals surface area contributed by atoms with E-state index in [1.807, 2.05) is 6.92 Å². The van der Waals surface area contributed by atoms with Crippen LogP contribution in [0, 0.1) is 0 Å². The third-order valence-electron chi connectivity index (χ3n) is 2.98. The first kappa shape index (κ1) is 15.4. The van der Waals surface area contributed by atoms with Gasteiger partial charge in [-0.1, -0.05) is 13.3 Å². The summed E-state index contributed by atoms with van der Waals surface area (Å²) in [5.74, 6) is 0.253. The summed E-state index contributed by atoms with van der Waals surface area (Å²) < 4.78 is 46.3. The van der Waals surface area contributed by atoms with Gasteiger partial charge in [-0.15, -0.1) is 0 Å². The lowest BCUT2D eigenvalue weighted by Crippen LogP contribution is -2.13. The van der Waals surface area contributed by atoms with Crippen LogP contribution in [0.4, 0.5) is 13.2 Å². The van der Waals surface area contributed by atoms with Crippen molar-refractivity contribution in [3.63, 3.8) is 0 Å². The van der Waals surface area contributed by atoms with Crippen molar-refractivity contribution in [1.29, 1.82) is 0 Å². The molecule has 6 heteroatoms. The smallest absolute Gasteiger partial charge is 0.392 e. The minimum Gasteiger partial charge on any atom is -0.493 e. The van der Waals surface area contributed by atoms with E-state index in [1.54, 1.807) is 12.1 Å². The van der Waals surface area contributed by atoms with Crippen LogP contribution in [-0.2, 0) is 6.42 Å². The van der Waals surface area contributed by atoms with Crippen LogP contribution in [0.1, 0.15) is 25.3 Å². The van der Waals surface area contributed by atoms with E-state index in [4.69, 9.17) is 9.15 Å². The first-order chi connectivity index (χ1) is 9.89. The first-order valence-corrected chi connectivity index (χ1v) is 6.65. The van der Waals surface area contributed by atoms with Crippen LogP contribution in [0.15, 0.2) is 33.5 Å². The minimum atomic E-state index is -4.25. The molecule has 1 aromatic carbocycles. The lowest BCUT2D eigenvalue weighted by atomic mass is 10.1. The van der Waals surface area contributed by atoms with E-state index in [0.717, 1.165) is 23.8 Å². The van der Waals surface area contributed by atoms with Crippen molar-refractivity contribution in [2.24, 2.45) is 0 Å². The van der Waals surface area contributed by atoms with Gasteiger partial charge in [-0.3, -0.25) is 0 Å². The van der Waals surface area contributed by atoms with Crippen molar-refractivity contribution in [1.82, 2.24) is 0 Å². The van der Waals surface area contributed by atoms with Crippen LogP contribution in [0.5, 0.6) is 5.75 Å². The Hall–Kier alpha value is -1.98. The van der Waals surface area contributed by atoms with Crippen molar-refractivity contribution in [2.75, 3.05) is 6.61 Å². The molecule has 0 saturated carbocycles. The van der Waals surface area contributed by atoms with Gasteiger partial charge in [0.1, 0.15) is 11.3 Å². The maximum absolute atomic E-state index is 12.1. The molecule has 0 atom stereocenters. The normalized spacial score (nSPS) is 11.8. The Kier molecular flexibility index (Phi) is 4.55. The van der Waals surface area contributed by atoms with Gasteiger partial charge in [0.15, 0.2) is 0 Å². The Bertz CT molecular complexity index is 674. The number of ether oxygens (including phenoxy) is 1. The van der Waals surface area contributed by atoms with E-state index in [2.05, 4.69) is 0 Å². The third-order valence-corrected chi connectivity index (χ3v) is 2.98. The Labute approximate surface area is 119 Å². The fourth-order valence-electron chi connectivity index (χ4n) is 2.06. The van der Waals surface area contributed by atoms with Gasteiger partial charge in [0.2, 0.25) is 0 Å². The molecule has 114 valence electrons. The fourth-order valence-corrected chi connectivity index (χ4v) is 2.06.